The molecule has 0 heterocycles. The lowest BCUT2D eigenvalue weighted by Crippen LogP contribution is -2.32. The molecular weight excluding hydrogens is 422 g/mol. The number of hydrogen-bond acceptors (Lipinski definition) is 6. The summed E-state index contributed by atoms with van der Waals surface area (Å²) in [5.74, 6) is -1.71. The first-order valence-corrected chi connectivity index (χ1v) is 10.0. The molecule has 0 radical (unpaired) electrons. The van der Waals surface area contributed by atoms with Gasteiger partial charge in [0.15, 0.2) is 11.5 Å². The molecule has 168 valence electrons. The van der Waals surface area contributed by atoms with Crippen molar-refractivity contribution in [3.8, 4) is 11.5 Å². The largest absolute Gasteiger partial charge is 0.493 e. The number of methoxy groups -OCH3 is 1. The van der Waals surface area contributed by atoms with E-state index in [4.69, 9.17) is 9.47 Å². The van der Waals surface area contributed by atoms with E-state index >= 15 is 0 Å². The number of carbonyl (C=O) groups excluding carboxylic acids is 3. The molecule has 0 bridgehead atoms. The average Bonchev–Trinajstić information content (AvgIpc) is 2.81. The Morgan fingerprint density at radius 1 is 0.879 bits per heavy atom. The standard InChI is InChI=1S/C25H23N3O5/c1-16-8-11-19(12-9-16)25(31)33-21-13-10-18(14-22(21)32-3)15-26-28-24(30)23(29)27-20-7-5-4-6-17(20)2/h4-15H,1-3H3,(H,27,29)(H,28,30)/b26-15-. The average molecular weight is 445 g/mol. The zero-order valence-corrected chi connectivity index (χ0v) is 18.4. The van der Waals surface area contributed by atoms with Crippen LogP contribution in [-0.4, -0.2) is 31.1 Å². The zero-order valence-electron chi connectivity index (χ0n) is 18.4. The van der Waals surface area contributed by atoms with Crippen molar-refractivity contribution < 1.29 is 23.9 Å². The number of carbonyl (C=O) groups is 3. The van der Waals surface area contributed by atoms with Crippen LogP contribution in [0.15, 0.2) is 71.8 Å². The maximum Gasteiger partial charge on any atom is 0.343 e. The lowest BCUT2D eigenvalue weighted by atomic mass is 10.1. The minimum Gasteiger partial charge on any atom is -0.493 e. The van der Waals surface area contributed by atoms with E-state index in [9.17, 15) is 14.4 Å². The van der Waals surface area contributed by atoms with Gasteiger partial charge in [0.25, 0.3) is 0 Å². The fourth-order valence-corrected chi connectivity index (χ4v) is 2.81. The van der Waals surface area contributed by atoms with Gasteiger partial charge in [-0.15, -0.1) is 0 Å². The summed E-state index contributed by atoms with van der Waals surface area (Å²) in [4.78, 5) is 36.4. The monoisotopic (exact) mass is 445 g/mol. The molecule has 0 aliphatic heterocycles. The van der Waals surface area contributed by atoms with Gasteiger partial charge in [-0.05, 0) is 61.4 Å². The van der Waals surface area contributed by atoms with Crippen molar-refractivity contribution in [3.63, 3.8) is 0 Å². The number of ether oxygens (including phenoxy) is 2. The first kappa shape index (κ1) is 23.2. The van der Waals surface area contributed by atoms with Crippen LogP contribution in [0, 0.1) is 13.8 Å². The van der Waals surface area contributed by atoms with E-state index in [1.807, 2.05) is 38.1 Å². The highest BCUT2D eigenvalue weighted by molar-refractivity contribution is 6.39. The first-order chi connectivity index (χ1) is 15.9. The molecule has 0 unspecified atom stereocenters. The number of hydrogen-bond donors (Lipinski definition) is 2. The molecule has 2 N–H and O–H groups in total. The van der Waals surface area contributed by atoms with Gasteiger partial charge < -0.3 is 14.8 Å². The topological polar surface area (TPSA) is 106 Å². The molecular formula is C25H23N3O5. The molecule has 3 aromatic carbocycles. The number of rotatable bonds is 6. The van der Waals surface area contributed by atoms with Crippen LogP contribution in [0.2, 0.25) is 0 Å². The van der Waals surface area contributed by atoms with Crippen LogP contribution in [-0.2, 0) is 9.59 Å². The molecule has 0 saturated carbocycles. The van der Waals surface area contributed by atoms with Gasteiger partial charge in [0, 0.05) is 5.69 Å². The smallest absolute Gasteiger partial charge is 0.343 e. The van der Waals surface area contributed by atoms with E-state index in [0.717, 1.165) is 11.1 Å². The van der Waals surface area contributed by atoms with Gasteiger partial charge in [-0.3, -0.25) is 9.59 Å². The van der Waals surface area contributed by atoms with Gasteiger partial charge in [-0.1, -0.05) is 35.9 Å². The van der Waals surface area contributed by atoms with Gasteiger partial charge in [0.2, 0.25) is 0 Å². The molecule has 8 nitrogen and oxygen atoms in total. The van der Waals surface area contributed by atoms with E-state index in [2.05, 4.69) is 15.8 Å². The van der Waals surface area contributed by atoms with Gasteiger partial charge in [-0.25, -0.2) is 10.2 Å². The molecule has 3 rings (SSSR count). The zero-order chi connectivity index (χ0) is 23.8. The second-order valence-electron chi connectivity index (χ2n) is 7.13. The minimum absolute atomic E-state index is 0.238. The van der Waals surface area contributed by atoms with Crippen molar-refractivity contribution in [1.29, 1.82) is 0 Å². The molecule has 0 aliphatic carbocycles. The predicted octanol–water partition coefficient (Wildman–Crippen LogP) is 3.62. The van der Waals surface area contributed by atoms with E-state index in [1.165, 1.54) is 13.3 Å². The third-order valence-electron chi connectivity index (χ3n) is 4.66. The first-order valence-electron chi connectivity index (χ1n) is 10.0. The van der Waals surface area contributed by atoms with Crippen molar-refractivity contribution in [1.82, 2.24) is 5.43 Å². The Balaban J connectivity index is 1.61. The normalized spacial score (nSPS) is 10.5. The number of benzene rings is 3. The highest BCUT2D eigenvalue weighted by Gasteiger charge is 2.14. The van der Waals surface area contributed by atoms with Crippen molar-refractivity contribution in [2.75, 3.05) is 12.4 Å². The molecule has 0 aromatic heterocycles. The van der Waals surface area contributed by atoms with Crippen molar-refractivity contribution in [2.45, 2.75) is 13.8 Å². The fraction of sp³-hybridized carbons (Fsp3) is 0.120. The summed E-state index contributed by atoms with van der Waals surface area (Å²) in [6.45, 7) is 3.75. The summed E-state index contributed by atoms with van der Waals surface area (Å²) in [5, 5.41) is 6.33. The fourth-order valence-electron chi connectivity index (χ4n) is 2.81. The van der Waals surface area contributed by atoms with Gasteiger partial charge in [0.05, 0.1) is 18.9 Å². The molecule has 8 heteroatoms. The predicted molar refractivity (Wildman–Crippen MR) is 125 cm³/mol. The highest BCUT2D eigenvalue weighted by Crippen LogP contribution is 2.28. The van der Waals surface area contributed by atoms with Crippen LogP contribution in [0.1, 0.15) is 27.0 Å². The maximum absolute atomic E-state index is 12.4. The summed E-state index contributed by atoms with van der Waals surface area (Å²) in [5.41, 5.74) is 5.56. The molecule has 3 aromatic rings. The second-order valence-corrected chi connectivity index (χ2v) is 7.13. The van der Waals surface area contributed by atoms with E-state index in [1.54, 1.807) is 42.5 Å². The molecule has 2 amide bonds. The lowest BCUT2D eigenvalue weighted by Gasteiger charge is -2.10. The number of anilines is 1. The molecule has 0 fully saturated rings. The van der Waals surface area contributed by atoms with Gasteiger partial charge in [0.1, 0.15) is 0 Å². The number of esters is 1. The number of para-hydroxylation sites is 1. The second kappa shape index (κ2) is 10.7. The maximum atomic E-state index is 12.4. The van der Waals surface area contributed by atoms with E-state index < -0.39 is 17.8 Å². The Morgan fingerprint density at radius 3 is 2.30 bits per heavy atom. The van der Waals surface area contributed by atoms with Crippen LogP contribution in [0.25, 0.3) is 0 Å². The van der Waals surface area contributed by atoms with Crippen LogP contribution in [0.5, 0.6) is 11.5 Å². The minimum atomic E-state index is -0.912. The summed E-state index contributed by atoms with van der Waals surface area (Å²) in [6.07, 6.45) is 1.34. The lowest BCUT2D eigenvalue weighted by molar-refractivity contribution is -0.136. The third kappa shape index (κ3) is 6.27. The molecule has 0 aliphatic rings. The van der Waals surface area contributed by atoms with E-state index in [0.29, 0.717) is 22.6 Å². The number of nitrogens with one attached hydrogen (secondary N) is 2. The van der Waals surface area contributed by atoms with Crippen molar-refractivity contribution in [3.05, 3.63) is 89.0 Å². The van der Waals surface area contributed by atoms with Gasteiger partial charge >= 0.3 is 17.8 Å². The molecule has 33 heavy (non-hydrogen) atoms. The summed E-state index contributed by atoms with van der Waals surface area (Å²) < 4.78 is 10.7. The highest BCUT2D eigenvalue weighted by atomic mass is 16.6. The number of hydrazone groups is 1. The number of nitrogens with zero attached hydrogens (tertiary/aromatic N) is 1. The Hall–Kier alpha value is -4.46. The Kier molecular flexibility index (Phi) is 7.54. The van der Waals surface area contributed by atoms with Crippen LogP contribution >= 0.6 is 0 Å². The summed E-state index contributed by atoms with van der Waals surface area (Å²) in [7, 11) is 1.44. The molecule has 0 spiro atoms. The Labute approximate surface area is 191 Å². The number of amides is 2. The molecule has 0 saturated heterocycles. The summed E-state index contributed by atoms with van der Waals surface area (Å²) in [6, 6.07) is 18.9. The van der Waals surface area contributed by atoms with Crippen LogP contribution in [0.4, 0.5) is 5.69 Å². The third-order valence-corrected chi connectivity index (χ3v) is 4.66. The Morgan fingerprint density at radius 2 is 1.61 bits per heavy atom. The van der Waals surface area contributed by atoms with Crippen LogP contribution < -0.4 is 20.2 Å². The van der Waals surface area contributed by atoms with Crippen molar-refractivity contribution in [2.24, 2.45) is 5.10 Å². The summed E-state index contributed by atoms with van der Waals surface area (Å²) >= 11 is 0. The van der Waals surface area contributed by atoms with Crippen LogP contribution in [0.3, 0.4) is 0 Å². The molecule has 0 atom stereocenters. The quantitative estimate of drug-likeness (QED) is 0.198. The van der Waals surface area contributed by atoms with Gasteiger partial charge in [-0.2, -0.15) is 5.10 Å². The van der Waals surface area contributed by atoms with Crippen molar-refractivity contribution >= 4 is 29.7 Å². The van der Waals surface area contributed by atoms with E-state index in [-0.39, 0.29) is 5.75 Å². The SMILES string of the molecule is COc1cc(/C=N\NC(=O)C(=O)Nc2ccccc2C)ccc1OC(=O)c1ccc(C)cc1. The number of aryl methyl sites for hydroxylation is 2. The Bertz CT molecular complexity index is 1200.